The van der Waals surface area contributed by atoms with Gasteiger partial charge in [-0.3, -0.25) is 0 Å². The minimum Gasteiger partial charge on any atom is -0.377 e. The van der Waals surface area contributed by atoms with Crippen molar-refractivity contribution in [3.63, 3.8) is 0 Å². The lowest BCUT2D eigenvalue weighted by Gasteiger charge is -2.35. The number of hydrogen-bond acceptors (Lipinski definition) is 5. The number of nitrogens with zero attached hydrogens (tertiary/aromatic N) is 1. The fourth-order valence-corrected chi connectivity index (χ4v) is 4.79. The number of benzene rings is 1. The normalized spacial score (nSPS) is 12.3. The molecular weight excluding hydrogens is 344 g/mol. The predicted molar refractivity (Wildman–Crippen MR) is 103 cm³/mol. The zero-order chi connectivity index (χ0) is 17.1. The molecule has 0 aliphatic carbocycles. The van der Waals surface area contributed by atoms with Gasteiger partial charge in [-0.25, -0.2) is 0 Å². The lowest BCUT2D eigenvalue weighted by atomic mass is 10.2. The summed E-state index contributed by atoms with van der Waals surface area (Å²) in [6.45, 7) is 7.85. The van der Waals surface area contributed by atoms with E-state index in [1.165, 1.54) is 5.56 Å². The van der Waals surface area contributed by atoms with Crippen LogP contribution in [0.15, 0.2) is 43.1 Å². The number of nitrogens with two attached hydrogens (primary N) is 1. The highest BCUT2D eigenvalue weighted by molar-refractivity contribution is 6.60. The molecule has 0 spiro atoms. The minimum absolute atomic E-state index is 0. The van der Waals surface area contributed by atoms with Gasteiger partial charge in [0.25, 0.3) is 0 Å². The summed E-state index contributed by atoms with van der Waals surface area (Å²) >= 11 is 0. The van der Waals surface area contributed by atoms with Crippen LogP contribution in [-0.2, 0) is 19.8 Å². The molecule has 1 aromatic carbocycles. The maximum Gasteiger partial charge on any atom is 0.502 e. The molecule has 5 nitrogen and oxygen atoms in total. The molecule has 0 aliphatic heterocycles. The van der Waals surface area contributed by atoms with Crippen LogP contribution in [0.25, 0.3) is 0 Å². The zero-order valence-corrected chi connectivity index (χ0v) is 16.8. The molecule has 7 heteroatoms. The second-order valence-electron chi connectivity index (χ2n) is 5.37. The van der Waals surface area contributed by atoms with Crippen LogP contribution in [0, 0.1) is 0 Å². The van der Waals surface area contributed by atoms with E-state index in [0.717, 1.165) is 13.0 Å². The van der Waals surface area contributed by atoms with E-state index in [1.807, 2.05) is 24.4 Å². The Morgan fingerprint density at radius 3 is 2.33 bits per heavy atom. The summed E-state index contributed by atoms with van der Waals surface area (Å²) in [4.78, 5) is 2.13. The minimum atomic E-state index is -2.71. The third-order valence-corrected chi connectivity index (χ3v) is 6.68. The average molecular weight is 375 g/mol. The SMILES string of the molecule is C=CN(Cc1ccccc1)C(CN)C[Si](OC)(OC)OCCC.Cl. The third-order valence-electron chi connectivity index (χ3n) is 3.82. The van der Waals surface area contributed by atoms with E-state index in [0.29, 0.717) is 19.2 Å². The van der Waals surface area contributed by atoms with E-state index in [4.69, 9.17) is 19.0 Å². The van der Waals surface area contributed by atoms with Gasteiger partial charge in [0.2, 0.25) is 0 Å². The highest BCUT2D eigenvalue weighted by atomic mass is 35.5. The Hall–Kier alpha value is -0.893. The Labute approximate surface area is 153 Å². The summed E-state index contributed by atoms with van der Waals surface area (Å²) in [6, 6.07) is 10.9. The van der Waals surface area contributed by atoms with E-state index >= 15 is 0 Å². The summed E-state index contributed by atoms with van der Waals surface area (Å²) in [5.41, 5.74) is 7.22. The van der Waals surface area contributed by atoms with Crippen molar-refractivity contribution in [3.05, 3.63) is 48.7 Å². The Kier molecular flexibility index (Phi) is 12.0. The molecule has 1 unspecified atom stereocenters. The monoisotopic (exact) mass is 374 g/mol. The first kappa shape index (κ1) is 23.1. The van der Waals surface area contributed by atoms with Crippen LogP contribution in [0.2, 0.25) is 6.04 Å². The lowest BCUT2D eigenvalue weighted by Crippen LogP contribution is -2.51. The molecule has 0 fully saturated rings. The molecule has 0 bridgehead atoms. The van der Waals surface area contributed by atoms with Crippen molar-refractivity contribution in [1.82, 2.24) is 4.90 Å². The molecule has 0 saturated carbocycles. The van der Waals surface area contributed by atoms with E-state index in [1.54, 1.807) is 14.2 Å². The van der Waals surface area contributed by atoms with E-state index in [2.05, 4.69) is 30.5 Å². The summed E-state index contributed by atoms with van der Waals surface area (Å²) in [6.07, 6.45) is 2.75. The Morgan fingerprint density at radius 1 is 1.25 bits per heavy atom. The second-order valence-corrected chi connectivity index (χ2v) is 8.25. The molecule has 1 atom stereocenters. The van der Waals surface area contributed by atoms with Crippen molar-refractivity contribution in [1.29, 1.82) is 0 Å². The molecule has 1 rings (SSSR count). The molecule has 0 saturated heterocycles. The van der Waals surface area contributed by atoms with Crippen molar-refractivity contribution in [3.8, 4) is 0 Å². The topological polar surface area (TPSA) is 57.0 Å². The van der Waals surface area contributed by atoms with Crippen molar-refractivity contribution < 1.29 is 13.3 Å². The van der Waals surface area contributed by atoms with Gasteiger partial charge in [-0.2, -0.15) is 0 Å². The van der Waals surface area contributed by atoms with Crippen LogP contribution in [-0.4, -0.2) is 47.1 Å². The van der Waals surface area contributed by atoms with Crippen LogP contribution < -0.4 is 5.73 Å². The lowest BCUT2D eigenvalue weighted by molar-refractivity contribution is 0.0896. The van der Waals surface area contributed by atoms with Crippen molar-refractivity contribution in [2.45, 2.75) is 32.0 Å². The van der Waals surface area contributed by atoms with Gasteiger partial charge in [0.1, 0.15) is 0 Å². The smallest absolute Gasteiger partial charge is 0.377 e. The molecule has 0 amide bonds. The second kappa shape index (κ2) is 12.5. The van der Waals surface area contributed by atoms with Crippen molar-refractivity contribution >= 4 is 21.2 Å². The molecule has 0 radical (unpaired) electrons. The zero-order valence-electron chi connectivity index (χ0n) is 14.9. The van der Waals surface area contributed by atoms with Gasteiger partial charge in [-0.15, -0.1) is 12.4 Å². The summed E-state index contributed by atoms with van der Waals surface area (Å²) < 4.78 is 17.2. The van der Waals surface area contributed by atoms with Gasteiger partial charge in [0, 0.05) is 46.0 Å². The van der Waals surface area contributed by atoms with E-state index in [-0.39, 0.29) is 18.4 Å². The predicted octanol–water partition coefficient (Wildman–Crippen LogP) is 3.04. The maximum absolute atomic E-state index is 6.01. The summed E-state index contributed by atoms with van der Waals surface area (Å²) in [7, 11) is 0.580. The van der Waals surface area contributed by atoms with Gasteiger partial charge >= 0.3 is 8.80 Å². The van der Waals surface area contributed by atoms with Gasteiger partial charge < -0.3 is 23.9 Å². The first-order valence-electron chi connectivity index (χ1n) is 8.01. The highest BCUT2D eigenvalue weighted by Crippen LogP contribution is 2.21. The first-order valence-corrected chi connectivity index (χ1v) is 9.94. The third kappa shape index (κ3) is 6.92. The molecule has 0 heterocycles. The van der Waals surface area contributed by atoms with Crippen LogP contribution in [0.3, 0.4) is 0 Å². The van der Waals surface area contributed by atoms with E-state index in [9.17, 15) is 0 Å². The number of hydrogen-bond donors (Lipinski definition) is 1. The van der Waals surface area contributed by atoms with Gasteiger partial charge in [-0.1, -0.05) is 43.8 Å². The van der Waals surface area contributed by atoms with Gasteiger partial charge in [0.15, 0.2) is 0 Å². The van der Waals surface area contributed by atoms with E-state index < -0.39 is 8.80 Å². The first-order chi connectivity index (χ1) is 11.1. The molecule has 0 aromatic heterocycles. The molecular formula is C17H31ClN2O3Si. The Morgan fingerprint density at radius 2 is 1.88 bits per heavy atom. The molecule has 0 aliphatic rings. The van der Waals surface area contributed by atoms with Crippen molar-refractivity contribution in [2.75, 3.05) is 27.4 Å². The fraction of sp³-hybridized carbons (Fsp3) is 0.529. The largest absolute Gasteiger partial charge is 0.502 e. The Bertz CT molecular complexity index is 447. The molecule has 1 aromatic rings. The van der Waals surface area contributed by atoms with Crippen LogP contribution in [0.5, 0.6) is 0 Å². The molecule has 2 N–H and O–H groups in total. The Balaban J connectivity index is 0.00000529. The highest BCUT2D eigenvalue weighted by Gasteiger charge is 2.42. The van der Waals surface area contributed by atoms with Crippen LogP contribution in [0.4, 0.5) is 0 Å². The fourth-order valence-electron chi connectivity index (χ4n) is 2.45. The summed E-state index contributed by atoms with van der Waals surface area (Å²) in [5.74, 6) is 0. The number of rotatable bonds is 12. The average Bonchev–Trinajstić information content (AvgIpc) is 2.62. The maximum atomic E-state index is 6.01. The quantitative estimate of drug-likeness (QED) is 0.570. The van der Waals surface area contributed by atoms with Gasteiger partial charge in [-0.05, 0) is 18.2 Å². The number of halogens is 1. The standard InChI is InChI=1S/C17H30N2O3Si.ClH/c1-5-12-22-23(20-3,21-4)15-17(13-18)19(6-2)14-16-10-8-7-9-11-16;/h6-11,17H,2,5,12-15,18H2,1,3-4H3;1H. The molecule has 138 valence electrons. The summed E-state index contributed by atoms with van der Waals surface area (Å²) in [5, 5.41) is 0. The van der Waals surface area contributed by atoms with Crippen LogP contribution >= 0.6 is 12.4 Å². The van der Waals surface area contributed by atoms with Crippen LogP contribution in [0.1, 0.15) is 18.9 Å². The van der Waals surface area contributed by atoms with Crippen molar-refractivity contribution in [2.24, 2.45) is 5.73 Å². The van der Waals surface area contributed by atoms with Gasteiger partial charge in [0.05, 0.1) is 0 Å². The molecule has 24 heavy (non-hydrogen) atoms.